The smallest absolute Gasteiger partial charge is 0.166 e. The van der Waals surface area contributed by atoms with E-state index in [0.29, 0.717) is 11.3 Å². The van der Waals surface area contributed by atoms with Crippen molar-refractivity contribution in [3.63, 3.8) is 0 Å². The molecule has 0 bridgehead atoms. The molecule has 102 valence electrons. The maximum Gasteiger partial charge on any atom is 0.166 e. The minimum Gasteiger partial charge on any atom is -0.497 e. The van der Waals surface area contributed by atoms with Gasteiger partial charge in [-0.1, -0.05) is 35.0 Å². The minimum atomic E-state index is -3.44. The summed E-state index contributed by atoms with van der Waals surface area (Å²) in [4.78, 5) is 0. The van der Waals surface area contributed by atoms with Crippen LogP contribution in [0.5, 0.6) is 5.75 Å². The van der Waals surface area contributed by atoms with Crippen LogP contribution in [0.15, 0.2) is 24.3 Å². The van der Waals surface area contributed by atoms with E-state index in [4.69, 9.17) is 4.74 Å². The summed E-state index contributed by atoms with van der Waals surface area (Å²) in [6.07, 6.45) is 0.236. The number of ether oxygens (including phenoxy) is 1. The molecule has 4 nitrogen and oxygen atoms in total. The van der Waals surface area contributed by atoms with Crippen molar-refractivity contribution in [3.8, 4) is 5.75 Å². The maximum atomic E-state index is 11.8. The van der Waals surface area contributed by atoms with Gasteiger partial charge in [0.15, 0.2) is 13.5 Å². The zero-order chi connectivity index (χ0) is 14.0. The molecule has 0 saturated carbocycles. The first-order valence-electron chi connectivity index (χ1n) is 5.46. The maximum absolute atomic E-state index is 11.8. The van der Waals surface area contributed by atoms with Gasteiger partial charge in [-0.25, -0.2) is 8.42 Å². The first-order valence-corrected chi connectivity index (χ1v) is 8.15. The van der Waals surface area contributed by atoms with Crippen molar-refractivity contribution in [2.75, 3.05) is 13.4 Å². The second-order valence-corrected chi connectivity index (χ2v) is 8.30. The lowest BCUT2D eigenvalue weighted by Gasteiger charge is -2.30. The molecule has 0 saturated heterocycles. The highest BCUT2D eigenvalue weighted by Crippen LogP contribution is 2.41. The van der Waals surface area contributed by atoms with Gasteiger partial charge in [0.2, 0.25) is 0 Å². The fourth-order valence-corrected chi connectivity index (χ4v) is 3.02. The number of alkyl halides is 1. The summed E-state index contributed by atoms with van der Waals surface area (Å²) in [7, 11) is -1.90. The van der Waals surface area contributed by atoms with Crippen LogP contribution in [-0.2, 0) is 9.84 Å². The zero-order valence-corrected chi connectivity index (χ0v) is 13.0. The van der Waals surface area contributed by atoms with Crippen molar-refractivity contribution in [1.29, 1.82) is 0 Å². The minimum absolute atomic E-state index is 0.263. The monoisotopic (exact) mass is 336 g/mol. The van der Waals surface area contributed by atoms with Crippen LogP contribution in [0.1, 0.15) is 25.0 Å². The summed E-state index contributed by atoms with van der Waals surface area (Å²) in [6.45, 7) is 1.71. The molecule has 0 spiro atoms. The molecule has 18 heavy (non-hydrogen) atoms. The van der Waals surface area contributed by atoms with Gasteiger partial charge in [0, 0.05) is 6.26 Å². The van der Waals surface area contributed by atoms with Crippen LogP contribution >= 0.6 is 15.9 Å². The number of benzene rings is 1. The Morgan fingerprint density at radius 1 is 1.39 bits per heavy atom. The molecule has 0 aliphatic heterocycles. The third kappa shape index (κ3) is 2.87. The van der Waals surface area contributed by atoms with Gasteiger partial charge in [0.25, 0.3) is 0 Å². The fourth-order valence-electron chi connectivity index (χ4n) is 1.69. The summed E-state index contributed by atoms with van der Waals surface area (Å²) in [5, 5.41) is 10.3. The van der Waals surface area contributed by atoms with E-state index >= 15 is 0 Å². The average Bonchev–Trinajstić information content (AvgIpc) is 2.35. The molecule has 0 amide bonds. The molecule has 1 rings (SSSR count). The van der Waals surface area contributed by atoms with Crippen molar-refractivity contribution in [2.24, 2.45) is 0 Å². The van der Waals surface area contributed by atoms with Gasteiger partial charge in [0.1, 0.15) is 11.9 Å². The number of halogens is 1. The highest BCUT2D eigenvalue weighted by Gasteiger charge is 2.44. The van der Waals surface area contributed by atoms with Gasteiger partial charge in [0.05, 0.1) is 7.11 Å². The highest BCUT2D eigenvalue weighted by molar-refractivity contribution is 9.11. The lowest BCUT2D eigenvalue weighted by atomic mass is 10.0. The largest absolute Gasteiger partial charge is 0.497 e. The van der Waals surface area contributed by atoms with Crippen molar-refractivity contribution < 1.29 is 18.3 Å². The van der Waals surface area contributed by atoms with E-state index in [1.165, 1.54) is 0 Å². The van der Waals surface area contributed by atoms with Crippen molar-refractivity contribution >= 4 is 25.8 Å². The molecule has 0 unspecified atom stereocenters. The number of hydrogen-bond acceptors (Lipinski definition) is 4. The Labute approximate surface area is 116 Å². The Bertz CT molecular complexity index is 497. The van der Waals surface area contributed by atoms with E-state index < -0.39 is 19.6 Å². The topological polar surface area (TPSA) is 63.6 Å². The van der Waals surface area contributed by atoms with Crippen LogP contribution in [-0.4, -0.2) is 30.5 Å². The van der Waals surface area contributed by atoms with Gasteiger partial charge in [-0.05, 0) is 24.1 Å². The Balaban J connectivity index is 3.15. The Morgan fingerprint density at radius 2 is 1.89 bits per heavy atom. The SMILES string of the molecule is CC[C@](Br)([C@@H](O)c1ccc(OC)cc1)S(C)(=O)=O. The molecule has 0 aliphatic rings. The van der Waals surface area contributed by atoms with Crippen LogP contribution < -0.4 is 4.74 Å². The van der Waals surface area contributed by atoms with Gasteiger partial charge in [-0.15, -0.1) is 0 Å². The Kier molecular flexibility index (Phi) is 4.80. The number of sulfone groups is 1. The van der Waals surface area contributed by atoms with Crippen LogP contribution in [0.2, 0.25) is 0 Å². The zero-order valence-electron chi connectivity index (χ0n) is 10.6. The average molecular weight is 337 g/mol. The lowest BCUT2D eigenvalue weighted by Crippen LogP contribution is -2.37. The second-order valence-electron chi connectivity index (χ2n) is 4.09. The molecule has 1 aromatic rings. The van der Waals surface area contributed by atoms with Crippen LogP contribution in [0.25, 0.3) is 0 Å². The molecule has 0 aromatic heterocycles. The summed E-state index contributed by atoms with van der Waals surface area (Å²) in [5.41, 5.74) is 0.528. The predicted molar refractivity (Wildman–Crippen MR) is 74.7 cm³/mol. The predicted octanol–water partition coefficient (Wildman–Crippen LogP) is 2.27. The summed E-state index contributed by atoms with van der Waals surface area (Å²) in [5.74, 6) is 0.655. The molecule has 0 aliphatic carbocycles. The number of hydrogen-bond donors (Lipinski definition) is 1. The van der Waals surface area contributed by atoms with Crippen molar-refractivity contribution in [1.82, 2.24) is 0 Å². The van der Waals surface area contributed by atoms with E-state index in [9.17, 15) is 13.5 Å². The molecular weight excluding hydrogens is 320 g/mol. The molecule has 1 aromatic carbocycles. The summed E-state index contributed by atoms with van der Waals surface area (Å²) < 4.78 is 27.2. The molecule has 0 fully saturated rings. The van der Waals surface area contributed by atoms with Gasteiger partial charge >= 0.3 is 0 Å². The number of rotatable bonds is 5. The van der Waals surface area contributed by atoms with Crippen molar-refractivity contribution in [2.45, 2.75) is 23.1 Å². The van der Waals surface area contributed by atoms with E-state index in [2.05, 4.69) is 15.9 Å². The standard InChI is InChI=1S/C12H17BrO4S/c1-4-12(13,18(3,15)16)11(14)9-5-7-10(17-2)8-6-9/h5-8,11,14H,4H2,1-3H3/t11-,12+/m0/s1. The summed E-state index contributed by atoms with van der Waals surface area (Å²) >= 11 is 3.17. The molecule has 2 atom stereocenters. The quantitative estimate of drug-likeness (QED) is 0.838. The normalized spacial score (nSPS) is 16.9. The number of aliphatic hydroxyl groups is 1. The first-order chi connectivity index (χ1) is 8.26. The Hall–Kier alpha value is -0.590. The molecular formula is C12H17BrO4S. The van der Waals surface area contributed by atoms with Gasteiger partial charge in [-0.2, -0.15) is 0 Å². The van der Waals surface area contributed by atoms with E-state index in [1.54, 1.807) is 38.3 Å². The van der Waals surface area contributed by atoms with Crippen LogP contribution in [0, 0.1) is 0 Å². The van der Waals surface area contributed by atoms with Gasteiger partial charge in [-0.3, -0.25) is 0 Å². The van der Waals surface area contributed by atoms with Crippen molar-refractivity contribution in [3.05, 3.63) is 29.8 Å². The lowest BCUT2D eigenvalue weighted by molar-refractivity contribution is 0.160. The molecule has 6 heteroatoms. The van der Waals surface area contributed by atoms with Crippen LogP contribution in [0.3, 0.4) is 0 Å². The number of methoxy groups -OCH3 is 1. The Morgan fingerprint density at radius 3 is 2.22 bits per heavy atom. The first kappa shape index (κ1) is 15.5. The van der Waals surface area contributed by atoms with Crippen LogP contribution in [0.4, 0.5) is 0 Å². The van der Waals surface area contributed by atoms with E-state index in [1.807, 2.05) is 0 Å². The molecule has 0 radical (unpaired) electrons. The number of aliphatic hydroxyl groups excluding tert-OH is 1. The van der Waals surface area contributed by atoms with E-state index in [-0.39, 0.29) is 6.42 Å². The highest BCUT2D eigenvalue weighted by atomic mass is 79.9. The van der Waals surface area contributed by atoms with Gasteiger partial charge < -0.3 is 9.84 Å². The fraction of sp³-hybridized carbons (Fsp3) is 0.500. The summed E-state index contributed by atoms with van der Waals surface area (Å²) in [6, 6.07) is 6.68. The third-order valence-electron chi connectivity index (χ3n) is 2.94. The molecule has 1 N–H and O–H groups in total. The molecule has 0 heterocycles. The second kappa shape index (κ2) is 5.59. The van der Waals surface area contributed by atoms with E-state index in [0.717, 1.165) is 6.26 Å². The third-order valence-corrected chi connectivity index (χ3v) is 7.44.